The molecule has 62 heavy (non-hydrogen) atoms. The van der Waals surface area contributed by atoms with E-state index in [1.807, 2.05) is 48.5 Å². The molecule has 1 unspecified atom stereocenters. The number of rotatable bonds is 17. The summed E-state index contributed by atoms with van der Waals surface area (Å²) in [5.74, 6) is -5.38. The van der Waals surface area contributed by atoms with Crippen LogP contribution < -0.4 is 26.6 Å². The number of nitrogens with one attached hydrogen (secondary N) is 5. The molecule has 0 aromatic heterocycles. The van der Waals surface area contributed by atoms with Crippen LogP contribution in [0.5, 0.6) is 0 Å². The van der Waals surface area contributed by atoms with E-state index in [9.17, 15) is 33.6 Å². The van der Waals surface area contributed by atoms with Crippen molar-refractivity contribution in [3.05, 3.63) is 95.6 Å². The summed E-state index contributed by atoms with van der Waals surface area (Å²) in [5, 5.41) is 12.8. The van der Waals surface area contributed by atoms with E-state index in [0.717, 1.165) is 22.3 Å². The molecular weight excluding hydrogens is 800 g/mol. The monoisotopic (exact) mass is 856 g/mol. The summed E-state index contributed by atoms with van der Waals surface area (Å²) in [6, 6.07) is 16.0. The number of alkyl carbamates (subject to hydrolysis) is 1. The van der Waals surface area contributed by atoms with Crippen LogP contribution in [0.15, 0.2) is 78.9 Å². The lowest BCUT2D eigenvalue weighted by molar-refractivity contribution is -0.147. The molecule has 15 nitrogen and oxygen atoms in total. The zero-order valence-corrected chi connectivity index (χ0v) is 36.1. The summed E-state index contributed by atoms with van der Waals surface area (Å²) in [5.41, 5.74) is 4.25. The van der Waals surface area contributed by atoms with Gasteiger partial charge in [-0.25, -0.2) is 14.0 Å². The molecule has 1 fully saturated rings. The predicted molar refractivity (Wildman–Crippen MR) is 228 cm³/mol. The second-order valence-electron chi connectivity index (χ2n) is 16.4. The molecule has 6 amide bonds. The second kappa shape index (κ2) is 21.0. The molecular formula is C46H57FN6O9. The van der Waals surface area contributed by atoms with E-state index < -0.39 is 89.9 Å². The molecule has 0 radical (unpaired) electrons. The maximum absolute atomic E-state index is 16.4. The minimum Gasteiger partial charge on any atom is -0.467 e. The highest BCUT2D eigenvalue weighted by atomic mass is 19.1. The minimum atomic E-state index is -2.06. The third-order valence-electron chi connectivity index (χ3n) is 11.3. The van der Waals surface area contributed by atoms with Crippen molar-refractivity contribution in [2.45, 2.75) is 103 Å². The molecule has 1 heterocycles. The van der Waals surface area contributed by atoms with Crippen LogP contribution in [0.3, 0.4) is 0 Å². The van der Waals surface area contributed by atoms with Gasteiger partial charge >= 0.3 is 12.1 Å². The molecule has 0 bridgehead atoms. The number of hydrogen-bond acceptors (Lipinski definition) is 9. The van der Waals surface area contributed by atoms with Gasteiger partial charge in [-0.2, -0.15) is 0 Å². The highest BCUT2D eigenvalue weighted by Crippen LogP contribution is 2.44. The van der Waals surface area contributed by atoms with Gasteiger partial charge < -0.3 is 41.0 Å². The van der Waals surface area contributed by atoms with Crippen molar-refractivity contribution in [3.63, 3.8) is 0 Å². The number of ether oxygens (including phenoxy) is 2. The first kappa shape index (κ1) is 46.7. The number of amides is 6. The van der Waals surface area contributed by atoms with Crippen molar-refractivity contribution < 1.29 is 47.4 Å². The van der Waals surface area contributed by atoms with Crippen LogP contribution in [0.25, 0.3) is 11.1 Å². The third-order valence-corrected chi connectivity index (χ3v) is 11.3. The maximum atomic E-state index is 16.4. The molecule has 0 spiro atoms. The van der Waals surface area contributed by atoms with Gasteiger partial charge in [-0.3, -0.25) is 24.0 Å². The number of hydrogen-bond donors (Lipinski definition) is 5. The fourth-order valence-corrected chi connectivity index (χ4v) is 7.79. The summed E-state index contributed by atoms with van der Waals surface area (Å²) in [4.78, 5) is 94.7. The van der Waals surface area contributed by atoms with E-state index in [1.165, 1.54) is 38.0 Å². The molecule has 16 heteroatoms. The first-order chi connectivity index (χ1) is 29.5. The average Bonchev–Trinajstić information content (AvgIpc) is 3.88. The number of halogens is 1. The topological polar surface area (TPSA) is 201 Å². The van der Waals surface area contributed by atoms with Gasteiger partial charge in [-0.05, 0) is 66.3 Å². The minimum absolute atomic E-state index is 0.0250. The number of alkyl halides is 1. The maximum Gasteiger partial charge on any atom is 0.407 e. The molecule has 3 aromatic rings. The Morgan fingerprint density at radius 2 is 1.19 bits per heavy atom. The summed E-state index contributed by atoms with van der Waals surface area (Å²) in [6.07, 6.45) is -2.32. The van der Waals surface area contributed by atoms with E-state index in [4.69, 9.17) is 9.47 Å². The van der Waals surface area contributed by atoms with Gasteiger partial charge in [0, 0.05) is 12.5 Å². The van der Waals surface area contributed by atoms with Crippen LogP contribution in [-0.4, -0.2) is 103 Å². The van der Waals surface area contributed by atoms with Crippen LogP contribution in [0.1, 0.15) is 83.2 Å². The highest BCUT2D eigenvalue weighted by Gasteiger charge is 2.43. The normalized spacial score (nSPS) is 17.3. The van der Waals surface area contributed by atoms with Crippen LogP contribution in [-0.2, 0) is 38.2 Å². The highest BCUT2D eigenvalue weighted by molar-refractivity contribution is 5.97. The standard InChI is InChI=1S/C46H57FN6O9/c1-25(2)37(43(57)51-38(26(3)4)45(59)61-7)50-42(56)35-22-15-23-53(35)44(58)39(36(47)29-16-9-8-10-17-29)52-41(55)27(5)48-40(54)28(6)49-46(60)62-24-34-32-20-13-11-18-30(32)31-19-12-14-21-33(31)34/h8-14,16-21,25-28,34-39H,15,22-24H2,1-7H3,(H,48,54)(H,49,60)(H,50,56)(H,51,57)(H,52,55)/t27-,28-,35-,36?,37-,38-,39-/m0/s1. The number of methoxy groups -OCH3 is 1. The molecule has 1 saturated heterocycles. The summed E-state index contributed by atoms with van der Waals surface area (Å²) in [6.45, 7) is 9.73. The van der Waals surface area contributed by atoms with Gasteiger partial charge in [0.25, 0.3) is 0 Å². The van der Waals surface area contributed by atoms with Crippen molar-refractivity contribution in [1.29, 1.82) is 0 Å². The van der Waals surface area contributed by atoms with Crippen molar-refractivity contribution in [3.8, 4) is 11.1 Å². The second-order valence-corrected chi connectivity index (χ2v) is 16.4. The summed E-state index contributed by atoms with van der Waals surface area (Å²) < 4.78 is 26.8. The number of benzene rings is 3. The fraction of sp³-hybridized carbons (Fsp3) is 0.457. The number of likely N-dealkylation sites (tertiary alicyclic amines) is 1. The van der Waals surface area contributed by atoms with Crippen molar-refractivity contribution in [2.75, 3.05) is 20.3 Å². The SMILES string of the molecule is COC(=O)[C@@H](NC(=O)[C@@H](NC(=O)[C@@H]1CCCN1C(=O)[C@@H](NC(=O)[C@H](C)NC(=O)[C@H](C)NC(=O)OCC1c2ccccc2-c2ccccc21)C(F)c1ccccc1)C(C)C)C(C)C. The Bertz CT molecular complexity index is 2070. The Hall–Kier alpha value is -6.32. The average molecular weight is 857 g/mol. The van der Waals surface area contributed by atoms with E-state index in [1.54, 1.807) is 45.9 Å². The lowest BCUT2D eigenvalue weighted by atomic mass is 9.98. The first-order valence-electron chi connectivity index (χ1n) is 20.9. The number of nitrogens with zero attached hydrogens (tertiary/aromatic N) is 1. The number of esters is 1. The Labute approximate surface area is 361 Å². The van der Waals surface area contributed by atoms with Crippen molar-refractivity contribution in [1.82, 2.24) is 31.5 Å². The Balaban J connectivity index is 1.22. The van der Waals surface area contributed by atoms with Crippen LogP contribution in [0.2, 0.25) is 0 Å². The van der Waals surface area contributed by atoms with E-state index in [0.29, 0.717) is 6.42 Å². The Morgan fingerprint density at radius 3 is 1.77 bits per heavy atom. The van der Waals surface area contributed by atoms with Gasteiger partial charge in [0.05, 0.1) is 7.11 Å². The lowest BCUT2D eigenvalue weighted by Crippen LogP contribution is -2.60. The zero-order valence-electron chi connectivity index (χ0n) is 36.1. The van der Waals surface area contributed by atoms with Gasteiger partial charge in [-0.15, -0.1) is 0 Å². The summed E-state index contributed by atoms with van der Waals surface area (Å²) in [7, 11) is 1.21. The number of carbonyl (C=O) groups excluding carboxylic acids is 7. The van der Waals surface area contributed by atoms with Crippen molar-refractivity contribution >= 4 is 41.6 Å². The van der Waals surface area contributed by atoms with Crippen LogP contribution >= 0.6 is 0 Å². The molecule has 1 aliphatic heterocycles. The molecule has 7 atom stereocenters. The fourth-order valence-electron chi connectivity index (χ4n) is 7.79. The van der Waals surface area contributed by atoms with Crippen LogP contribution in [0, 0.1) is 11.8 Å². The van der Waals surface area contributed by atoms with Gasteiger partial charge in [0.1, 0.15) is 42.9 Å². The molecule has 3 aromatic carbocycles. The van der Waals surface area contributed by atoms with Gasteiger partial charge in [-0.1, -0.05) is 107 Å². The van der Waals surface area contributed by atoms with E-state index >= 15 is 4.39 Å². The number of fused-ring (bicyclic) bond motifs is 3. The molecule has 2 aliphatic rings. The zero-order chi connectivity index (χ0) is 45.2. The smallest absolute Gasteiger partial charge is 0.407 e. The molecule has 1 aliphatic carbocycles. The lowest BCUT2D eigenvalue weighted by Gasteiger charge is -2.32. The molecule has 332 valence electrons. The van der Waals surface area contributed by atoms with E-state index in [2.05, 4.69) is 26.6 Å². The van der Waals surface area contributed by atoms with Crippen molar-refractivity contribution in [2.24, 2.45) is 11.8 Å². The summed E-state index contributed by atoms with van der Waals surface area (Å²) >= 11 is 0. The predicted octanol–water partition coefficient (Wildman–Crippen LogP) is 4.06. The Kier molecular flexibility index (Phi) is 15.8. The van der Waals surface area contributed by atoms with Gasteiger partial charge in [0.15, 0.2) is 6.17 Å². The largest absolute Gasteiger partial charge is 0.467 e. The number of carbonyl (C=O) groups is 7. The van der Waals surface area contributed by atoms with Gasteiger partial charge in [0.2, 0.25) is 29.5 Å². The quantitative estimate of drug-likeness (QED) is 0.124. The Morgan fingerprint density at radius 1 is 0.661 bits per heavy atom. The molecule has 0 saturated carbocycles. The third kappa shape index (κ3) is 10.9. The van der Waals surface area contributed by atoms with E-state index in [-0.39, 0.29) is 37.0 Å². The molecule has 5 rings (SSSR count). The first-order valence-corrected chi connectivity index (χ1v) is 20.9. The van der Waals surface area contributed by atoms with Crippen LogP contribution in [0.4, 0.5) is 9.18 Å². The molecule has 5 N–H and O–H groups in total.